The minimum absolute atomic E-state index is 0.203. The van der Waals surface area contributed by atoms with Crippen LogP contribution in [0.1, 0.15) is 31.4 Å². The van der Waals surface area contributed by atoms with Crippen LogP contribution in [0.3, 0.4) is 0 Å². The van der Waals surface area contributed by atoms with Crippen molar-refractivity contribution in [2.45, 2.75) is 49.1 Å². The van der Waals surface area contributed by atoms with Crippen LogP contribution < -0.4 is 5.32 Å². The lowest BCUT2D eigenvalue weighted by Crippen LogP contribution is -2.28. The summed E-state index contributed by atoms with van der Waals surface area (Å²) in [6.07, 6.45) is 6.39. The van der Waals surface area contributed by atoms with Gasteiger partial charge in [0, 0.05) is 38.6 Å². The fourth-order valence-corrected chi connectivity index (χ4v) is 5.14. The lowest BCUT2D eigenvalue weighted by atomic mass is 10.2. The Kier molecular flexibility index (Phi) is 7.51. The maximum Gasteiger partial charge on any atom is 0.242 e. The molecule has 0 amide bonds. The van der Waals surface area contributed by atoms with E-state index >= 15 is 0 Å². The molecule has 8 heteroatoms. The first-order valence-corrected chi connectivity index (χ1v) is 11.7. The molecule has 0 spiro atoms. The fourth-order valence-electron chi connectivity index (χ4n) is 3.61. The van der Waals surface area contributed by atoms with E-state index in [0.717, 1.165) is 37.1 Å². The van der Waals surface area contributed by atoms with Crippen molar-refractivity contribution < 1.29 is 13.2 Å². The molecule has 1 N–H and O–H groups in total. The van der Waals surface area contributed by atoms with Crippen LogP contribution >= 0.6 is 11.6 Å². The first-order valence-electron chi connectivity index (χ1n) is 9.85. The number of nitrogens with zero attached hydrogens (tertiary/aromatic N) is 2. The number of halogens is 1. The molecule has 6 nitrogen and oxygen atoms in total. The third-order valence-corrected chi connectivity index (χ3v) is 7.52. The standard InChI is InChI=1S/C21H28ClN3O3S/c1-25(13-5-7-16-6-3-4-12-23-16)29(26,27)19-10-11-21(20(22)15-19)24-17-8-9-18(14-17)28-2/h3-4,6,10-12,15,17-18,24H,5,7-9,13-14H2,1-2H3/t17-,18-/m1/s1. The van der Waals surface area contributed by atoms with Crippen LogP contribution in [0.5, 0.6) is 0 Å². The number of aryl methyl sites for hydroxylation is 1. The van der Waals surface area contributed by atoms with Crippen LogP contribution in [0, 0.1) is 0 Å². The predicted molar refractivity (Wildman–Crippen MR) is 116 cm³/mol. The summed E-state index contributed by atoms with van der Waals surface area (Å²) in [5, 5.41) is 3.82. The molecule has 29 heavy (non-hydrogen) atoms. The van der Waals surface area contributed by atoms with E-state index in [1.54, 1.807) is 32.5 Å². The molecule has 3 rings (SSSR count). The Hall–Kier alpha value is -1.67. The van der Waals surface area contributed by atoms with E-state index in [4.69, 9.17) is 16.3 Å². The van der Waals surface area contributed by atoms with E-state index in [1.807, 2.05) is 18.2 Å². The molecule has 0 aliphatic heterocycles. The van der Waals surface area contributed by atoms with Gasteiger partial charge in [0.2, 0.25) is 10.0 Å². The molecule has 158 valence electrons. The second-order valence-electron chi connectivity index (χ2n) is 7.40. The number of aromatic nitrogens is 1. The topological polar surface area (TPSA) is 71.5 Å². The number of anilines is 1. The maximum absolute atomic E-state index is 12.9. The van der Waals surface area contributed by atoms with E-state index in [0.29, 0.717) is 18.0 Å². The summed E-state index contributed by atoms with van der Waals surface area (Å²) < 4.78 is 32.5. The SMILES string of the molecule is CO[C@@H]1CC[C@@H](Nc2ccc(S(=O)(=O)N(C)CCCc3ccccn3)cc2Cl)C1. The van der Waals surface area contributed by atoms with Crippen LogP contribution in [-0.2, 0) is 21.2 Å². The number of rotatable bonds is 9. The zero-order chi connectivity index (χ0) is 20.9. The number of hydrogen-bond donors (Lipinski definition) is 1. The average molecular weight is 438 g/mol. The number of nitrogens with one attached hydrogen (secondary N) is 1. The van der Waals surface area contributed by atoms with Crippen molar-refractivity contribution in [3.8, 4) is 0 Å². The lowest BCUT2D eigenvalue weighted by Gasteiger charge is -2.19. The van der Waals surface area contributed by atoms with E-state index in [9.17, 15) is 8.42 Å². The molecule has 0 bridgehead atoms. The summed E-state index contributed by atoms with van der Waals surface area (Å²) >= 11 is 6.39. The molecule has 0 unspecified atom stereocenters. The van der Waals surface area contributed by atoms with Crippen molar-refractivity contribution in [1.29, 1.82) is 0 Å². The number of benzene rings is 1. The second kappa shape index (κ2) is 9.89. The summed E-state index contributed by atoms with van der Waals surface area (Å²) in [6.45, 7) is 0.414. The Balaban J connectivity index is 1.60. The van der Waals surface area contributed by atoms with Gasteiger partial charge in [0.15, 0.2) is 0 Å². The van der Waals surface area contributed by atoms with E-state index in [2.05, 4.69) is 10.3 Å². The molecule has 1 aliphatic carbocycles. The quantitative estimate of drug-likeness (QED) is 0.642. The van der Waals surface area contributed by atoms with Gasteiger partial charge < -0.3 is 10.1 Å². The van der Waals surface area contributed by atoms with Crippen molar-refractivity contribution in [2.75, 3.05) is 26.0 Å². The van der Waals surface area contributed by atoms with Gasteiger partial charge >= 0.3 is 0 Å². The van der Waals surface area contributed by atoms with Crippen LogP contribution in [-0.4, -0.2) is 50.6 Å². The molecular formula is C21H28ClN3O3S. The molecule has 2 atom stereocenters. The summed E-state index contributed by atoms with van der Waals surface area (Å²) in [5.74, 6) is 0. The molecule has 0 saturated heterocycles. The number of hydrogen-bond acceptors (Lipinski definition) is 5. The molecule has 0 radical (unpaired) electrons. The summed E-state index contributed by atoms with van der Waals surface area (Å²) in [7, 11) is -0.269. The molecule has 1 aromatic heterocycles. The van der Waals surface area contributed by atoms with Crippen molar-refractivity contribution >= 4 is 27.3 Å². The predicted octanol–water partition coefficient (Wildman–Crippen LogP) is 3.97. The van der Waals surface area contributed by atoms with Crippen molar-refractivity contribution in [2.24, 2.45) is 0 Å². The first-order chi connectivity index (χ1) is 13.9. The Morgan fingerprint density at radius 3 is 2.76 bits per heavy atom. The second-order valence-corrected chi connectivity index (χ2v) is 9.86. The molecule has 1 aromatic carbocycles. The number of pyridine rings is 1. The Morgan fingerprint density at radius 1 is 1.28 bits per heavy atom. The monoisotopic (exact) mass is 437 g/mol. The molecule has 1 aliphatic rings. The van der Waals surface area contributed by atoms with Gasteiger partial charge in [0.25, 0.3) is 0 Å². The van der Waals surface area contributed by atoms with Gasteiger partial charge in [-0.1, -0.05) is 17.7 Å². The van der Waals surface area contributed by atoms with Gasteiger partial charge in [-0.2, -0.15) is 0 Å². The zero-order valence-electron chi connectivity index (χ0n) is 16.8. The van der Waals surface area contributed by atoms with E-state index < -0.39 is 10.0 Å². The van der Waals surface area contributed by atoms with E-state index in [1.165, 1.54) is 10.4 Å². The normalized spacial score (nSPS) is 19.6. The summed E-state index contributed by atoms with van der Waals surface area (Å²) in [6, 6.07) is 10.9. The highest BCUT2D eigenvalue weighted by Gasteiger charge is 2.26. The molecule has 1 saturated carbocycles. The van der Waals surface area contributed by atoms with Crippen molar-refractivity contribution in [3.05, 3.63) is 53.3 Å². The minimum Gasteiger partial charge on any atom is -0.381 e. The number of sulfonamides is 1. The van der Waals surface area contributed by atoms with Gasteiger partial charge in [0.1, 0.15) is 0 Å². The van der Waals surface area contributed by atoms with Crippen molar-refractivity contribution in [1.82, 2.24) is 9.29 Å². The number of methoxy groups -OCH3 is 1. The van der Waals surface area contributed by atoms with Crippen molar-refractivity contribution in [3.63, 3.8) is 0 Å². The summed E-state index contributed by atoms with van der Waals surface area (Å²) in [4.78, 5) is 4.47. The van der Waals surface area contributed by atoms with E-state index in [-0.39, 0.29) is 17.0 Å². The van der Waals surface area contributed by atoms with Crippen LogP contribution in [0.25, 0.3) is 0 Å². The number of ether oxygens (including phenoxy) is 1. The fraction of sp³-hybridized carbons (Fsp3) is 0.476. The van der Waals surface area contributed by atoms with Gasteiger partial charge in [-0.05, 0) is 62.4 Å². The minimum atomic E-state index is -3.59. The van der Waals surface area contributed by atoms with Gasteiger partial charge in [0.05, 0.1) is 21.7 Å². The van der Waals surface area contributed by atoms with Gasteiger partial charge in [-0.3, -0.25) is 4.98 Å². The van der Waals surface area contributed by atoms with Crippen LogP contribution in [0.4, 0.5) is 5.69 Å². The third kappa shape index (κ3) is 5.69. The molecule has 2 aromatic rings. The Bertz CT molecular complexity index is 909. The Labute approximate surface area is 178 Å². The largest absolute Gasteiger partial charge is 0.381 e. The third-order valence-electron chi connectivity index (χ3n) is 5.36. The van der Waals surface area contributed by atoms with Crippen LogP contribution in [0.15, 0.2) is 47.5 Å². The smallest absolute Gasteiger partial charge is 0.242 e. The van der Waals surface area contributed by atoms with Crippen LogP contribution in [0.2, 0.25) is 5.02 Å². The highest BCUT2D eigenvalue weighted by molar-refractivity contribution is 7.89. The highest BCUT2D eigenvalue weighted by Crippen LogP contribution is 2.30. The molecular weight excluding hydrogens is 410 g/mol. The summed E-state index contributed by atoms with van der Waals surface area (Å²) in [5.41, 5.74) is 1.71. The molecule has 1 heterocycles. The Morgan fingerprint density at radius 2 is 2.10 bits per heavy atom. The highest BCUT2D eigenvalue weighted by atomic mass is 35.5. The average Bonchev–Trinajstić information content (AvgIpc) is 3.18. The zero-order valence-corrected chi connectivity index (χ0v) is 18.4. The molecule has 1 fully saturated rings. The first kappa shape index (κ1) is 22.0. The van der Waals surface area contributed by atoms with Gasteiger partial charge in [-0.15, -0.1) is 0 Å². The van der Waals surface area contributed by atoms with Gasteiger partial charge in [-0.25, -0.2) is 12.7 Å². The maximum atomic E-state index is 12.9. The lowest BCUT2D eigenvalue weighted by molar-refractivity contribution is 0.108.